The number of hydrogen-bond acceptors (Lipinski definition) is 4. The van der Waals surface area contributed by atoms with E-state index in [0.717, 1.165) is 39.6 Å². The highest BCUT2D eigenvalue weighted by atomic mass is 16.5. The first kappa shape index (κ1) is 15.3. The van der Waals surface area contributed by atoms with Crippen molar-refractivity contribution in [2.75, 3.05) is 7.11 Å². The molecular formula is C17H21NO3. The highest BCUT2D eigenvalue weighted by molar-refractivity contribution is 5.43. The Morgan fingerprint density at radius 3 is 2.29 bits per heavy atom. The van der Waals surface area contributed by atoms with Crippen LogP contribution in [-0.2, 0) is 13.2 Å². The van der Waals surface area contributed by atoms with Crippen molar-refractivity contribution in [1.82, 2.24) is 4.98 Å². The molecule has 0 fully saturated rings. The van der Waals surface area contributed by atoms with Crippen LogP contribution in [0.25, 0.3) is 0 Å². The number of aliphatic hydroxyl groups is 1. The van der Waals surface area contributed by atoms with Crippen LogP contribution in [0.3, 0.4) is 0 Å². The van der Waals surface area contributed by atoms with Crippen LogP contribution in [0.4, 0.5) is 0 Å². The maximum absolute atomic E-state index is 9.21. The predicted molar refractivity (Wildman–Crippen MR) is 81.7 cm³/mol. The van der Waals surface area contributed by atoms with Gasteiger partial charge in [-0.25, -0.2) is 0 Å². The molecule has 0 atom stereocenters. The molecule has 1 heterocycles. The van der Waals surface area contributed by atoms with E-state index in [2.05, 4.69) is 4.98 Å². The van der Waals surface area contributed by atoms with Crippen molar-refractivity contribution in [3.63, 3.8) is 0 Å². The Morgan fingerprint density at radius 1 is 1.05 bits per heavy atom. The summed E-state index contributed by atoms with van der Waals surface area (Å²) in [6.45, 7) is 6.31. The summed E-state index contributed by atoms with van der Waals surface area (Å²) in [5.74, 6) is 1.62. The summed E-state index contributed by atoms with van der Waals surface area (Å²) >= 11 is 0. The molecular weight excluding hydrogens is 266 g/mol. The van der Waals surface area contributed by atoms with Crippen molar-refractivity contribution >= 4 is 0 Å². The number of nitrogens with zero attached hydrogens (tertiary/aromatic N) is 1. The van der Waals surface area contributed by atoms with E-state index in [9.17, 15) is 5.11 Å². The van der Waals surface area contributed by atoms with Crippen molar-refractivity contribution in [2.24, 2.45) is 0 Å². The number of rotatable bonds is 5. The van der Waals surface area contributed by atoms with E-state index in [1.807, 2.05) is 45.0 Å². The molecule has 1 aromatic heterocycles. The van der Waals surface area contributed by atoms with Crippen LogP contribution in [0.15, 0.2) is 24.3 Å². The fourth-order valence-corrected chi connectivity index (χ4v) is 2.40. The molecule has 0 aliphatic rings. The van der Waals surface area contributed by atoms with E-state index >= 15 is 0 Å². The van der Waals surface area contributed by atoms with Gasteiger partial charge in [-0.2, -0.15) is 0 Å². The quantitative estimate of drug-likeness (QED) is 0.918. The highest BCUT2D eigenvalue weighted by Gasteiger charge is 2.08. The topological polar surface area (TPSA) is 51.6 Å². The molecule has 2 aromatic rings. The number of aromatic nitrogens is 1. The SMILES string of the molecule is COc1cc(C)nc(COc2c(C)cc(CO)cc2C)c1. The molecule has 1 aromatic carbocycles. The van der Waals surface area contributed by atoms with Crippen LogP contribution in [0.1, 0.15) is 28.1 Å². The highest BCUT2D eigenvalue weighted by Crippen LogP contribution is 2.26. The van der Waals surface area contributed by atoms with Gasteiger partial charge in [0.15, 0.2) is 0 Å². The minimum atomic E-state index is 0.0403. The van der Waals surface area contributed by atoms with Crippen molar-refractivity contribution in [1.29, 1.82) is 0 Å². The van der Waals surface area contributed by atoms with Gasteiger partial charge in [-0.3, -0.25) is 4.98 Å². The number of pyridine rings is 1. The van der Waals surface area contributed by atoms with Gasteiger partial charge < -0.3 is 14.6 Å². The molecule has 21 heavy (non-hydrogen) atoms. The van der Waals surface area contributed by atoms with Crippen molar-refractivity contribution < 1.29 is 14.6 Å². The second-order valence-electron chi connectivity index (χ2n) is 5.15. The number of benzene rings is 1. The lowest BCUT2D eigenvalue weighted by atomic mass is 10.1. The largest absolute Gasteiger partial charge is 0.497 e. The van der Waals surface area contributed by atoms with Crippen molar-refractivity contribution in [2.45, 2.75) is 34.0 Å². The third kappa shape index (κ3) is 3.73. The zero-order chi connectivity index (χ0) is 15.4. The maximum Gasteiger partial charge on any atom is 0.130 e. The normalized spacial score (nSPS) is 10.5. The number of hydrogen-bond donors (Lipinski definition) is 1. The van der Waals surface area contributed by atoms with Gasteiger partial charge in [0, 0.05) is 17.8 Å². The molecule has 0 spiro atoms. The summed E-state index contributed by atoms with van der Waals surface area (Å²) in [6.07, 6.45) is 0. The van der Waals surface area contributed by atoms with E-state index in [0.29, 0.717) is 6.61 Å². The van der Waals surface area contributed by atoms with E-state index in [1.165, 1.54) is 0 Å². The number of aryl methyl sites for hydroxylation is 3. The van der Waals surface area contributed by atoms with Crippen LogP contribution < -0.4 is 9.47 Å². The van der Waals surface area contributed by atoms with E-state index in [1.54, 1.807) is 7.11 Å². The summed E-state index contributed by atoms with van der Waals surface area (Å²) in [6, 6.07) is 7.63. The second kappa shape index (κ2) is 6.59. The maximum atomic E-state index is 9.21. The summed E-state index contributed by atoms with van der Waals surface area (Å²) < 4.78 is 11.2. The van der Waals surface area contributed by atoms with Gasteiger partial charge in [-0.05, 0) is 37.5 Å². The lowest BCUT2D eigenvalue weighted by Crippen LogP contribution is -2.03. The molecule has 0 amide bonds. The molecule has 0 saturated carbocycles. The Labute approximate surface area is 125 Å². The van der Waals surface area contributed by atoms with Gasteiger partial charge >= 0.3 is 0 Å². The Hall–Kier alpha value is -2.07. The second-order valence-corrected chi connectivity index (χ2v) is 5.15. The molecule has 4 nitrogen and oxygen atoms in total. The molecule has 0 aliphatic heterocycles. The summed E-state index contributed by atoms with van der Waals surface area (Å²) in [5, 5.41) is 9.21. The third-order valence-electron chi connectivity index (χ3n) is 3.28. The number of ether oxygens (including phenoxy) is 2. The smallest absolute Gasteiger partial charge is 0.130 e. The predicted octanol–water partition coefficient (Wildman–Crippen LogP) is 3.09. The van der Waals surface area contributed by atoms with Crippen LogP contribution >= 0.6 is 0 Å². The fraction of sp³-hybridized carbons (Fsp3) is 0.353. The van der Waals surface area contributed by atoms with Crippen LogP contribution in [0, 0.1) is 20.8 Å². The van der Waals surface area contributed by atoms with Gasteiger partial charge in [0.05, 0.1) is 19.4 Å². The molecule has 4 heteroatoms. The molecule has 2 rings (SSSR count). The van der Waals surface area contributed by atoms with Gasteiger partial charge in [-0.1, -0.05) is 12.1 Å². The van der Waals surface area contributed by atoms with Crippen LogP contribution in [0.5, 0.6) is 11.5 Å². The molecule has 0 unspecified atom stereocenters. The monoisotopic (exact) mass is 287 g/mol. The number of aliphatic hydroxyl groups excluding tert-OH is 1. The standard InChI is InChI=1S/C17H21NO3/c1-11-5-14(9-19)6-12(2)17(11)21-10-15-8-16(20-4)7-13(3)18-15/h5-8,19H,9-10H2,1-4H3. The first-order valence-electron chi connectivity index (χ1n) is 6.89. The third-order valence-corrected chi connectivity index (χ3v) is 3.28. The van der Waals surface area contributed by atoms with Crippen LogP contribution in [-0.4, -0.2) is 17.2 Å². The Balaban J connectivity index is 2.18. The molecule has 0 bridgehead atoms. The number of methoxy groups -OCH3 is 1. The lowest BCUT2D eigenvalue weighted by molar-refractivity contribution is 0.279. The fourth-order valence-electron chi connectivity index (χ4n) is 2.40. The van der Waals surface area contributed by atoms with Gasteiger partial charge in [-0.15, -0.1) is 0 Å². The zero-order valence-electron chi connectivity index (χ0n) is 12.9. The average molecular weight is 287 g/mol. The average Bonchev–Trinajstić information content (AvgIpc) is 2.45. The van der Waals surface area contributed by atoms with E-state index in [-0.39, 0.29) is 6.61 Å². The van der Waals surface area contributed by atoms with Crippen LogP contribution in [0.2, 0.25) is 0 Å². The zero-order valence-corrected chi connectivity index (χ0v) is 12.9. The Morgan fingerprint density at radius 2 is 1.71 bits per heavy atom. The van der Waals surface area contributed by atoms with Gasteiger partial charge in [0.1, 0.15) is 18.1 Å². The summed E-state index contributed by atoms with van der Waals surface area (Å²) in [5.41, 5.74) is 4.65. The van der Waals surface area contributed by atoms with Gasteiger partial charge in [0.2, 0.25) is 0 Å². The summed E-state index contributed by atoms with van der Waals surface area (Å²) in [7, 11) is 1.64. The van der Waals surface area contributed by atoms with Gasteiger partial charge in [0.25, 0.3) is 0 Å². The first-order valence-corrected chi connectivity index (χ1v) is 6.89. The molecule has 1 N–H and O–H groups in total. The molecule has 112 valence electrons. The Bertz CT molecular complexity index is 615. The minimum absolute atomic E-state index is 0.0403. The van der Waals surface area contributed by atoms with Crippen molar-refractivity contribution in [3.05, 3.63) is 52.3 Å². The molecule has 0 aliphatic carbocycles. The Kier molecular flexibility index (Phi) is 4.81. The molecule has 0 saturated heterocycles. The summed E-state index contributed by atoms with van der Waals surface area (Å²) in [4.78, 5) is 4.44. The first-order chi connectivity index (χ1) is 10.0. The van der Waals surface area contributed by atoms with E-state index in [4.69, 9.17) is 9.47 Å². The lowest BCUT2D eigenvalue weighted by Gasteiger charge is -2.14. The molecule has 0 radical (unpaired) electrons. The van der Waals surface area contributed by atoms with Crippen molar-refractivity contribution in [3.8, 4) is 11.5 Å². The minimum Gasteiger partial charge on any atom is -0.497 e. The van der Waals surface area contributed by atoms with E-state index < -0.39 is 0 Å².